The zero-order valence-corrected chi connectivity index (χ0v) is 15.7. The second-order valence-corrected chi connectivity index (χ2v) is 7.00. The summed E-state index contributed by atoms with van der Waals surface area (Å²) in [5.74, 6) is 1.26. The first-order chi connectivity index (χ1) is 12.5. The van der Waals surface area contributed by atoms with E-state index in [1.807, 2.05) is 22.8 Å². The second-order valence-electron chi connectivity index (χ2n) is 7.00. The molecule has 1 fully saturated rings. The highest BCUT2D eigenvalue weighted by Crippen LogP contribution is 2.31. The first-order valence-corrected chi connectivity index (χ1v) is 9.05. The van der Waals surface area contributed by atoms with Crippen LogP contribution in [0.15, 0.2) is 23.0 Å². The third kappa shape index (κ3) is 3.62. The third-order valence-corrected chi connectivity index (χ3v) is 5.40. The molecule has 1 aromatic carbocycles. The molecule has 142 valence electrons. The van der Waals surface area contributed by atoms with Crippen LogP contribution in [0.4, 0.5) is 0 Å². The number of ether oxygens (including phenoxy) is 2. The molecule has 1 N–H and O–H groups in total. The molecule has 0 bridgehead atoms. The van der Waals surface area contributed by atoms with Gasteiger partial charge in [0.15, 0.2) is 0 Å². The van der Waals surface area contributed by atoms with Crippen LogP contribution in [-0.2, 0) is 23.1 Å². The highest BCUT2D eigenvalue weighted by atomic mass is 16.5. The minimum atomic E-state index is -0.00628. The van der Waals surface area contributed by atoms with Gasteiger partial charge in [-0.05, 0) is 43.7 Å². The minimum Gasteiger partial charge on any atom is -0.497 e. The fraction of sp³-hybridized carbons (Fsp3) is 0.579. The summed E-state index contributed by atoms with van der Waals surface area (Å²) in [5.41, 5.74) is 1.80. The molecular weight excluding hydrogens is 334 g/mol. The van der Waals surface area contributed by atoms with Crippen molar-refractivity contribution in [3.63, 3.8) is 0 Å². The van der Waals surface area contributed by atoms with Crippen molar-refractivity contribution in [3.05, 3.63) is 28.7 Å². The Bertz CT molecular complexity index is 831. The molecule has 7 nitrogen and oxygen atoms in total. The van der Waals surface area contributed by atoms with E-state index in [1.165, 1.54) is 0 Å². The van der Waals surface area contributed by atoms with Gasteiger partial charge in [-0.25, -0.2) is 4.79 Å². The molecule has 1 amide bonds. The van der Waals surface area contributed by atoms with Gasteiger partial charge in [-0.2, -0.15) is 0 Å². The molecule has 2 aromatic rings. The van der Waals surface area contributed by atoms with Crippen molar-refractivity contribution in [2.45, 2.75) is 32.2 Å². The summed E-state index contributed by atoms with van der Waals surface area (Å²) >= 11 is 0. The van der Waals surface area contributed by atoms with Gasteiger partial charge in [0.1, 0.15) is 12.5 Å². The van der Waals surface area contributed by atoms with Crippen LogP contribution in [0.3, 0.4) is 0 Å². The fourth-order valence-corrected chi connectivity index (χ4v) is 3.85. The Morgan fingerprint density at radius 1 is 1.19 bits per heavy atom. The maximum atomic E-state index is 12.7. The number of nitrogens with one attached hydrogen (secondary N) is 1. The monoisotopic (exact) mass is 361 g/mol. The predicted octanol–water partition coefficient (Wildman–Crippen LogP) is 1.88. The SMILES string of the molecule is COCNC(=O)[C@H]1CC[C@H](Cn2c(=O)n(C)c3ccc(OC)cc32)CC1. The minimum absolute atomic E-state index is 0.00628. The van der Waals surface area contributed by atoms with Gasteiger partial charge in [-0.15, -0.1) is 0 Å². The maximum absolute atomic E-state index is 12.7. The Balaban J connectivity index is 1.71. The molecule has 0 atom stereocenters. The fourth-order valence-electron chi connectivity index (χ4n) is 3.85. The Kier molecular flexibility index (Phi) is 5.66. The van der Waals surface area contributed by atoms with Gasteiger partial charge < -0.3 is 14.8 Å². The molecule has 1 aliphatic carbocycles. The van der Waals surface area contributed by atoms with E-state index in [2.05, 4.69) is 5.32 Å². The van der Waals surface area contributed by atoms with E-state index in [9.17, 15) is 9.59 Å². The van der Waals surface area contributed by atoms with Crippen molar-refractivity contribution >= 4 is 16.9 Å². The summed E-state index contributed by atoms with van der Waals surface area (Å²) in [7, 11) is 4.99. The zero-order valence-electron chi connectivity index (χ0n) is 15.7. The number of fused-ring (bicyclic) bond motifs is 1. The van der Waals surface area contributed by atoms with E-state index in [0.29, 0.717) is 12.5 Å². The summed E-state index contributed by atoms with van der Waals surface area (Å²) in [5, 5.41) is 2.78. The number of benzene rings is 1. The Morgan fingerprint density at radius 3 is 2.58 bits per heavy atom. The zero-order chi connectivity index (χ0) is 18.7. The number of rotatable bonds is 6. The predicted molar refractivity (Wildman–Crippen MR) is 99.2 cm³/mol. The first kappa shape index (κ1) is 18.5. The van der Waals surface area contributed by atoms with Crippen molar-refractivity contribution in [2.24, 2.45) is 18.9 Å². The van der Waals surface area contributed by atoms with Crippen molar-refractivity contribution in [1.82, 2.24) is 14.5 Å². The van der Waals surface area contributed by atoms with Gasteiger partial charge in [0.05, 0.1) is 18.1 Å². The van der Waals surface area contributed by atoms with Gasteiger partial charge in [0.2, 0.25) is 5.91 Å². The van der Waals surface area contributed by atoms with E-state index in [-0.39, 0.29) is 24.2 Å². The number of hydrogen-bond donors (Lipinski definition) is 1. The van der Waals surface area contributed by atoms with Gasteiger partial charge >= 0.3 is 5.69 Å². The molecule has 1 aliphatic rings. The average molecular weight is 361 g/mol. The molecule has 1 heterocycles. The lowest BCUT2D eigenvalue weighted by atomic mass is 9.81. The van der Waals surface area contributed by atoms with Crippen LogP contribution in [0, 0.1) is 11.8 Å². The average Bonchev–Trinajstić information content (AvgIpc) is 2.91. The molecule has 0 aliphatic heterocycles. The van der Waals surface area contributed by atoms with Crippen molar-refractivity contribution in [3.8, 4) is 5.75 Å². The molecular formula is C19H27N3O4. The van der Waals surface area contributed by atoms with Crippen molar-refractivity contribution in [1.29, 1.82) is 0 Å². The number of methoxy groups -OCH3 is 2. The molecule has 26 heavy (non-hydrogen) atoms. The maximum Gasteiger partial charge on any atom is 0.328 e. The smallest absolute Gasteiger partial charge is 0.328 e. The number of aryl methyl sites for hydroxylation is 1. The van der Waals surface area contributed by atoms with Crippen molar-refractivity contribution < 1.29 is 14.3 Å². The normalized spacial score (nSPS) is 20.3. The standard InChI is InChI=1S/C19H27N3O4/c1-21-16-9-8-15(26-3)10-17(16)22(19(21)24)11-13-4-6-14(7-5-13)18(23)20-12-25-2/h8-10,13-14H,4-7,11-12H2,1-3H3,(H,20,23)/t13-,14-. The lowest BCUT2D eigenvalue weighted by Crippen LogP contribution is -2.35. The van der Waals surface area contributed by atoms with E-state index in [0.717, 1.165) is 42.5 Å². The number of nitrogens with zero attached hydrogens (tertiary/aromatic N) is 2. The van der Waals surface area contributed by atoms with E-state index in [4.69, 9.17) is 9.47 Å². The van der Waals surface area contributed by atoms with Crippen LogP contribution < -0.4 is 15.7 Å². The lowest BCUT2D eigenvalue weighted by Gasteiger charge is -2.27. The lowest BCUT2D eigenvalue weighted by molar-refractivity contribution is -0.127. The van der Waals surface area contributed by atoms with Crippen LogP contribution in [0.25, 0.3) is 11.0 Å². The van der Waals surface area contributed by atoms with Crippen molar-refractivity contribution in [2.75, 3.05) is 21.0 Å². The Morgan fingerprint density at radius 2 is 1.92 bits per heavy atom. The highest BCUT2D eigenvalue weighted by molar-refractivity contribution is 5.78. The topological polar surface area (TPSA) is 74.5 Å². The van der Waals surface area contributed by atoms with Gasteiger partial charge in [-0.3, -0.25) is 13.9 Å². The molecule has 1 saturated carbocycles. The highest BCUT2D eigenvalue weighted by Gasteiger charge is 2.27. The summed E-state index contributed by atoms with van der Waals surface area (Å²) in [4.78, 5) is 24.7. The largest absolute Gasteiger partial charge is 0.497 e. The number of imidazole rings is 1. The van der Waals surface area contributed by atoms with Crippen LogP contribution in [0.5, 0.6) is 5.75 Å². The van der Waals surface area contributed by atoms with Crippen LogP contribution in [-0.4, -0.2) is 36.0 Å². The number of carbonyl (C=O) groups is 1. The summed E-state index contributed by atoms with van der Waals surface area (Å²) in [6.07, 6.45) is 3.59. The van der Waals surface area contributed by atoms with E-state index < -0.39 is 0 Å². The molecule has 0 spiro atoms. The van der Waals surface area contributed by atoms with Gasteiger partial charge in [0.25, 0.3) is 0 Å². The Hall–Kier alpha value is -2.28. The van der Waals surface area contributed by atoms with Crippen LogP contribution in [0.2, 0.25) is 0 Å². The van der Waals surface area contributed by atoms with Crippen LogP contribution in [0.1, 0.15) is 25.7 Å². The number of aromatic nitrogens is 2. The summed E-state index contributed by atoms with van der Waals surface area (Å²) < 4.78 is 13.7. The molecule has 1 aromatic heterocycles. The first-order valence-electron chi connectivity index (χ1n) is 9.05. The molecule has 0 unspecified atom stereocenters. The molecule has 3 rings (SSSR count). The number of hydrogen-bond acceptors (Lipinski definition) is 4. The second kappa shape index (κ2) is 7.95. The molecule has 7 heteroatoms. The number of carbonyl (C=O) groups excluding carboxylic acids is 1. The van der Waals surface area contributed by atoms with Gasteiger partial charge in [0, 0.05) is 32.7 Å². The van der Waals surface area contributed by atoms with Crippen LogP contribution >= 0.6 is 0 Å². The third-order valence-electron chi connectivity index (χ3n) is 5.40. The number of amides is 1. The Labute approximate surface area is 152 Å². The van der Waals surface area contributed by atoms with Gasteiger partial charge in [-0.1, -0.05) is 0 Å². The van der Waals surface area contributed by atoms with E-state index >= 15 is 0 Å². The van der Waals surface area contributed by atoms with E-state index in [1.54, 1.807) is 25.8 Å². The summed E-state index contributed by atoms with van der Waals surface area (Å²) in [6, 6.07) is 5.71. The summed E-state index contributed by atoms with van der Waals surface area (Å²) in [6.45, 7) is 0.932. The molecule has 0 radical (unpaired) electrons. The quantitative estimate of drug-likeness (QED) is 0.797. The molecule has 0 saturated heterocycles.